The molecule has 8 heteroatoms. The molecule has 2 atom stereocenters. The molecule has 1 aliphatic rings. The zero-order chi connectivity index (χ0) is 23.6. The van der Waals surface area contributed by atoms with Crippen molar-refractivity contribution < 1.29 is 19.5 Å². The summed E-state index contributed by atoms with van der Waals surface area (Å²) in [5, 5.41) is 12.2. The molecule has 1 saturated heterocycles. The first-order chi connectivity index (χ1) is 16.0. The summed E-state index contributed by atoms with van der Waals surface area (Å²) in [5.41, 5.74) is 4.88. The molecule has 0 aliphatic carbocycles. The maximum absolute atomic E-state index is 12.8. The molecule has 1 fully saturated rings. The molecule has 180 valence electrons. The number of carbonyl (C=O) groups excluding carboxylic acids is 1. The molecule has 0 aromatic heterocycles. The fourth-order valence-electron chi connectivity index (χ4n) is 3.88. The van der Waals surface area contributed by atoms with Crippen LogP contribution in [0.4, 0.5) is 0 Å². The predicted octanol–water partition coefficient (Wildman–Crippen LogP) is 2.44. The van der Waals surface area contributed by atoms with Crippen molar-refractivity contribution in [3.05, 3.63) is 54.1 Å². The van der Waals surface area contributed by atoms with E-state index in [-0.39, 0.29) is 11.9 Å². The van der Waals surface area contributed by atoms with E-state index < -0.39 is 6.17 Å². The maximum Gasteiger partial charge on any atom is 0.253 e. The number of amides is 1. The minimum absolute atomic E-state index is 0.106. The van der Waals surface area contributed by atoms with Crippen molar-refractivity contribution >= 4 is 5.91 Å². The maximum atomic E-state index is 12.8. The minimum atomic E-state index is -0.418. The molecule has 2 unspecified atom stereocenters. The molecule has 2 aromatic carbocycles. The first-order valence-electron chi connectivity index (χ1n) is 11.5. The van der Waals surface area contributed by atoms with Gasteiger partial charge in [0.25, 0.3) is 5.91 Å². The van der Waals surface area contributed by atoms with Gasteiger partial charge in [0.15, 0.2) is 0 Å². The van der Waals surface area contributed by atoms with Crippen molar-refractivity contribution in [2.75, 3.05) is 53.6 Å². The highest BCUT2D eigenvalue weighted by molar-refractivity contribution is 5.94. The topological polar surface area (TPSA) is 86.3 Å². The Kier molecular flexibility index (Phi) is 9.65. The Balaban J connectivity index is 1.51. The number of hydrogen-bond donors (Lipinski definition) is 3. The molecular weight excluding hydrogens is 420 g/mol. The van der Waals surface area contributed by atoms with Gasteiger partial charge in [-0.1, -0.05) is 24.3 Å². The average molecular weight is 457 g/mol. The highest BCUT2D eigenvalue weighted by Gasteiger charge is 2.23. The van der Waals surface area contributed by atoms with E-state index in [0.29, 0.717) is 12.2 Å². The molecule has 33 heavy (non-hydrogen) atoms. The van der Waals surface area contributed by atoms with Gasteiger partial charge in [0, 0.05) is 32.2 Å². The number of nitrogens with one attached hydrogen (secondary N) is 2. The van der Waals surface area contributed by atoms with Crippen molar-refractivity contribution in [2.45, 2.75) is 25.6 Å². The fraction of sp³-hybridized carbons (Fsp3) is 0.480. The number of rotatable bonds is 11. The van der Waals surface area contributed by atoms with E-state index in [4.69, 9.17) is 9.47 Å². The van der Waals surface area contributed by atoms with Gasteiger partial charge in [-0.2, -0.15) is 5.48 Å². The van der Waals surface area contributed by atoms with E-state index in [2.05, 4.69) is 15.7 Å². The second-order valence-corrected chi connectivity index (χ2v) is 8.31. The molecule has 8 nitrogen and oxygen atoms in total. The standard InChI is InChI=1S/C25H36N4O4/c1-19(24(26-2)27-31)28(3)25(30)22-7-5-20(6-8-22)21-9-11-23(12-10-21)33-16-4-13-29-14-17-32-18-15-29/h5-12,19,24,26-27,31H,4,13-18H2,1-3H3. The van der Waals surface area contributed by atoms with Crippen molar-refractivity contribution in [3.8, 4) is 16.9 Å². The van der Waals surface area contributed by atoms with Crippen LogP contribution in [0.15, 0.2) is 48.5 Å². The van der Waals surface area contributed by atoms with Crippen molar-refractivity contribution in [1.82, 2.24) is 20.6 Å². The highest BCUT2D eigenvalue weighted by atomic mass is 16.5. The first kappa shape index (κ1) is 25.1. The number of benzene rings is 2. The van der Waals surface area contributed by atoms with Crippen LogP contribution >= 0.6 is 0 Å². The Morgan fingerprint density at radius 1 is 1.12 bits per heavy atom. The number of morpholine rings is 1. The van der Waals surface area contributed by atoms with Crippen LogP contribution in [0.1, 0.15) is 23.7 Å². The zero-order valence-corrected chi connectivity index (χ0v) is 19.8. The summed E-state index contributed by atoms with van der Waals surface area (Å²) >= 11 is 0. The van der Waals surface area contributed by atoms with Gasteiger partial charge in [0.05, 0.1) is 25.9 Å². The smallest absolute Gasteiger partial charge is 0.253 e. The largest absolute Gasteiger partial charge is 0.494 e. The molecule has 1 heterocycles. The van der Waals surface area contributed by atoms with Crippen LogP contribution in [-0.4, -0.2) is 86.7 Å². The lowest BCUT2D eigenvalue weighted by atomic mass is 10.0. The van der Waals surface area contributed by atoms with Crippen LogP contribution in [0.25, 0.3) is 11.1 Å². The Hall–Kier alpha value is -2.49. The van der Waals surface area contributed by atoms with E-state index in [1.54, 1.807) is 19.0 Å². The third kappa shape index (κ3) is 6.99. The summed E-state index contributed by atoms with van der Waals surface area (Å²) in [6, 6.07) is 15.4. The zero-order valence-electron chi connectivity index (χ0n) is 19.8. The number of hydrogen-bond acceptors (Lipinski definition) is 7. The van der Waals surface area contributed by atoms with Gasteiger partial charge in [-0.25, -0.2) is 0 Å². The second kappa shape index (κ2) is 12.7. The summed E-state index contributed by atoms with van der Waals surface area (Å²) in [4.78, 5) is 16.8. The van der Waals surface area contributed by atoms with E-state index in [0.717, 1.165) is 56.1 Å². The fourth-order valence-corrected chi connectivity index (χ4v) is 3.88. The molecule has 0 radical (unpaired) electrons. The summed E-state index contributed by atoms with van der Waals surface area (Å²) in [7, 11) is 3.45. The lowest BCUT2D eigenvalue weighted by Gasteiger charge is -2.31. The molecule has 2 aromatic rings. The Morgan fingerprint density at radius 3 is 2.30 bits per heavy atom. The third-order valence-corrected chi connectivity index (χ3v) is 6.17. The van der Waals surface area contributed by atoms with Crippen LogP contribution in [0, 0.1) is 0 Å². The Bertz CT molecular complexity index is 850. The van der Waals surface area contributed by atoms with E-state index in [1.165, 1.54) is 0 Å². The van der Waals surface area contributed by atoms with Crippen LogP contribution in [0.3, 0.4) is 0 Å². The van der Waals surface area contributed by atoms with Crippen molar-refractivity contribution in [3.63, 3.8) is 0 Å². The monoisotopic (exact) mass is 456 g/mol. The van der Waals surface area contributed by atoms with Crippen LogP contribution in [-0.2, 0) is 4.74 Å². The van der Waals surface area contributed by atoms with E-state index in [9.17, 15) is 10.0 Å². The molecule has 0 saturated carbocycles. The van der Waals surface area contributed by atoms with Gasteiger partial charge in [0.2, 0.25) is 0 Å². The molecule has 3 rings (SSSR count). The number of carbonyl (C=O) groups is 1. The molecule has 3 N–H and O–H groups in total. The molecule has 1 amide bonds. The number of nitrogens with zero attached hydrogens (tertiary/aromatic N) is 2. The number of likely N-dealkylation sites (N-methyl/N-ethyl adjacent to an activating group) is 2. The lowest BCUT2D eigenvalue weighted by Crippen LogP contribution is -2.54. The van der Waals surface area contributed by atoms with Crippen LogP contribution in [0.2, 0.25) is 0 Å². The van der Waals surface area contributed by atoms with Crippen molar-refractivity contribution in [2.24, 2.45) is 0 Å². The molecule has 1 aliphatic heterocycles. The van der Waals surface area contributed by atoms with E-state index in [1.807, 2.05) is 55.5 Å². The predicted molar refractivity (Wildman–Crippen MR) is 129 cm³/mol. The Labute approximate surface area is 196 Å². The van der Waals surface area contributed by atoms with Gasteiger partial charge >= 0.3 is 0 Å². The molecule has 0 bridgehead atoms. The number of hydroxylamine groups is 1. The summed E-state index contributed by atoms with van der Waals surface area (Å²) in [6.45, 7) is 7.25. The van der Waals surface area contributed by atoms with Gasteiger partial charge in [-0.05, 0) is 55.8 Å². The summed E-state index contributed by atoms with van der Waals surface area (Å²) in [6.07, 6.45) is 0.576. The quantitative estimate of drug-likeness (QED) is 0.272. The molecule has 0 spiro atoms. The third-order valence-electron chi connectivity index (χ3n) is 6.17. The van der Waals surface area contributed by atoms with E-state index >= 15 is 0 Å². The minimum Gasteiger partial charge on any atom is -0.494 e. The SMILES string of the molecule is CNC(NO)C(C)N(C)C(=O)c1ccc(-c2ccc(OCCCN3CCOCC3)cc2)cc1. The van der Waals surface area contributed by atoms with Crippen LogP contribution in [0.5, 0.6) is 5.75 Å². The normalized spacial score (nSPS) is 16.2. The first-order valence-corrected chi connectivity index (χ1v) is 11.5. The average Bonchev–Trinajstić information content (AvgIpc) is 2.87. The van der Waals surface area contributed by atoms with Gasteiger partial charge in [-0.3, -0.25) is 9.69 Å². The summed E-state index contributed by atoms with van der Waals surface area (Å²) in [5.74, 6) is 0.755. The van der Waals surface area contributed by atoms with Gasteiger partial charge in [0.1, 0.15) is 11.9 Å². The summed E-state index contributed by atoms with van der Waals surface area (Å²) < 4.78 is 11.3. The van der Waals surface area contributed by atoms with Gasteiger partial charge in [-0.15, -0.1) is 0 Å². The Morgan fingerprint density at radius 2 is 1.73 bits per heavy atom. The molecular formula is C25H36N4O4. The lowest BCUT2D eigenvalue weighted by molar-refractivity contribution is 0.0358. The highest BCUT2D eigenvalue weighted by Crippen LogP contribution is 2.23. The number of ether oxygens (including phenoxy) is 2. The second-order valence-electron chi connectivity index (χ2n) is 8.31. The van der Waals surface area contributed by atoms with Crippen LogP contribution < -0.4 is 15.5 Å². The van der Waals surface area contributed by atoms with Gasteiger partial charge < -0.3 is 24.9 Å². The van der Waals surface area contributed by atoms with Crippen molar-refractivity contribution in [1.29, 1.82) is 0 Å².